The molecule has 0 aliphatic carbocycles. The fourth-order valence-corrected chi connectivity index (χ4v) is 15.0. The molecule has 0 spiro atoms. The highest BCUT2D eigenvalue weighted by Crippen LogP contribution is 2.47. The van der Waals surface area contributed by atoms with E-state index in [0.717, 1.165) is 34.4 Å². The van der Waals surface area contributed by atoms with E-state index < -0.39 is 0 Å². The molecule has 1 aliphatic heterocycles. The van der Waals surface area contributed by atoms with Gasteiger partial charge in [-0.15, -0.1) is 0 Å². The Kier molecular flexibility index (Phi) is 13.9. The summed E-state index contributed by atoms with van der Waals surface area (Å²) in [6, 6.07) is 116. The molecule has 1 aliphatic rings. The van der Waals surface area contributed by atoms with Crippen molar-refractivity contribution in [3.63, 3.8) is 0 Å². The SMILES string of the molecule is Cc1c(C)n(-c2ccccc2)c2cc3c4ccccc4n(-c4cccc(-c5nc(-c6ccccc6)nc(-c6ccccc6)n5)c4)c3cc12.c1ccc(-n2c3ccccc3c3c4ccccc4c4c5ccccc5n(-c5ccccc5)c4c32)cc1.c1ccc2c(c1)C[n+]1ccccc1-2. The van der Waals surface area contributed by atoms with Gasteiger partial charge in [0.15, 0.2) is 30.2 Å². The standard InChI is InChI=1S/C43H31N5.C34H22N2.C12H10N/c1-28-29(2)47(33-20-10-5-11-21-33)39-27-37-35-23-12-13-24-38(35)48(40(37)26-36(28)39)34-22-14-19-32(25-34)43-45-41(30-15-6-3-7-16-30)44-42(46-43)31-17-8-4-9-18-31;1-3-13-23(14-4-1)35-29-21-11-9-19-27(29)31-25-17-7-8-18-26(25)32-28-20-10-12-22-30(28)36(34(32)33(31)35)24-15-5-2-6-16-24;1-2-6-11-10(5-1)9-13-8-4-3-7-12(11)13/h3-27H,1-2H3;1-22H;1-8H,9H2/q;;+1. The normalized spacial score (nSPS) is 11.8. The van der Waals surface area contributed by atoms with Gasteiger partial charge in [-0.05, 0) is 121 Å². The number of fused-ring (bicyclic) bond motifs is 17. The van der Waals surface area contributed by atoms with Crippen LogP contribution in [0, 0.1) is 13.8 Å². The molecule has 0 unspecified atom stereocenters. The van der Waals surface area contributed by atoms with Crippen molar-refractivity contribution in [2.45, 2.75) is 20.4 Å². The molecule has 7 heterocycles. The highest BCUT2D eigenvalue weighted by Gasteiger charge is 2.27. The number of aromatic nitrogens is 8. The lowest BCUT2D eigenvalue weighted by molar-refractivity contribution is -0.672. The van der Waals surface area contributed by atoms with Crippen LogP contribution in [0.15, 0.2) is 334 Å². The van der Waals surface area contributed by atoms with Crippen LogP contribution in [0.5, 0.6) is 0 Å². The quantitative estimate of drug-likeness (QED) is 0.149. The number of hydrogen-bond acceptors (Lipinski definition) is 3. The monoisotopic (exact) mass is 1240 g/mol. The number of hydrogen-bond donors (Lipinski definition) is 0. The van der Waals surface area contributed by atoms with E-state index in [1.165, 1.54) is 127 Å². The molecule has 8 heteroatoms. The van der Waals surface area contributed by atoms with Gasteiger partial charge in [-0.25, -0.2) is 15.0 Å². The maximum Gasteiger partial charge on any atom is 0.213 e. The Morgan fingerprint density at radius 2 is 0.691 bits per heavy atom. The zero-order chi connectivity index (χ0) is 64.5. The van der Waals surface area contributed by atoms with Crippen LogP contribution in [0.1, 0.15) is 16.8 Å². The van der Waals surface area contributed by atoms with Crippen LogP contribution in [-0.2, 0) is 6.54 Å². The summed E-state index contributed by atoms with van der Waals surface area (Å²) < 4.78 is 12.0. The molecule has 97 heavy (non-hydrogen) atoms. The maximum atomic E-state index is 5.01. The zero-order valence-corrected chi connectivity index (χ0v) is 53.5. The van der Waals surface area contributed by atoms with Crippen molar-refractivity contribution >= 4 is 87.1 Å². The van der Waals surface area contributed by atoms with E-state index in [9.17, 15) is 0 Å². The molecule has 0 atom stereocenters. The molecule has 8 nitrogen and oxygen atoms in total. The topological polar surface area (TPSA) is 62.3 Å². The maximum absolute atomic E-state index is 5.01. The van der Waals surface area contributed by atoms with Crippen molar-refractivity contribution in [3.8, 4) is 68.2 Å². The molecule has 0 amide bonds. The highest BCUT2D eigenvalue weighted by molar-refractivity contribution is 6.36. The zero-order valence-electron chi connectivity index (χ0n) is 53.5. The van der Waals surface area contributed by atoms with E-state index in [4.69, 9.17) is 15.0 Å². The molecular weight excluding hydrogens is 1180 g/mol. The molecule has 0 fully saturated rings. The Balaban J connectivity index is 0.000000122. The van der Waals surface area contributed by atoms with Gasteiger partial charge in [-0.1, -0.05) is 224 Å². The van der Waals surface area contributed by atoms with Gasteiger partial charge in [-0.2, -0.15) is 4.57 Å². The molecule has 0 radical (unpaired) electrons. The van der Waals surface area contributed by atoms with E-state index in [2.05, 4.69) is 310 Å². The summed E-state index contributed by atoms with van der Waals surface area (Å²) in [6.45, 7) is 5.46. The molecule has 13 aromatic carbocycles. The summed E-state index contributed by atoms with van der Waals surface area (Å²) >= 11 is 0. The summed E-state index contributed by atoms with van der Waals surface area (Å²) in [5, 5.41) is 11.4. The van der Waals surface area contributed by atoms with E-state index in [0.29, 0.717) is 17.5 Å². The second-order valence-electron chi connectivity index (χ2n) is 24.9. The molecule has 0 saturated carbocycles. The van der Waals surface area contributed by atoms with Crippen LogP contribution in [0.3, 0.4) is 0 Å². The third-order valence-electron chi connectivity index (χ3n) is 19.4. The average molecular weight is 1240 g/mol. The van der Waals surface area contributed by atoms with Gasteiger partial charge in [0.1, 0.15) is 0 Å². The summed E-state index contributed by atoms with van der Waals surface area (Å²) in [6.07, 6.45) is 2.13. The molecule has 0 bridgehead atoms. The fraction of sp³-hybridized carbons (Fsp3) is 0.0337. The first-order valence-corrected chi connectivity index (χ1v) is 33.1. The average Bonchev–Trinajstić information content (AvgIpc) is 1.53. The number of para-hydroxylation sites is 6. The second-order valence-corrected chi connectivity index (χ2v) is 24.9. The van der Waals surface area contributed by atoms with Crippen LogP contribution in [0.25, 0.3) is 155 Å². The molecule has 0 N–H and O–H groups in total. The van der Waals surface area contributed by atoms with Gasteiger partial charge in [0.25, 0.3) is 0 Å². The van der Waals surface area contributed by atoms with Crippen molar-refractivity contribution in [2.75, 3.05) is 0 Å². The first-order chi connectivity index (χ1) is 48.0. The minimum absolute atomic E-state index is 0.638. The molecular formula is C89H63N8+. The first kappa shape index (κ1) is 56.9. The van der Waals surface area contributed by atoms with Crippen LogP contribution in [0.2, 0.25) is 0 Å². The van der Waals surface area contributed by atoms with Crippen molar-refractivity contribution in [1.29, 1.82) is 0 Å². The summed E-state index contributed by atoms with van der Waals surface area (Å²) in [4.78, 5) is 14.9. The summed E-state index contributed by atoms with van der Waals surface area (Å²) in [5.41, 5.74) is 22.6. The van der Waals surface area contributed by atoms with Gasteiger partial charge >= 0.3 is 0 Å². The summed E-state index contributed by atoms with van der Waals surface area (Å²) in [5.74, 6) is 1.94. The lowest BCUT2D eigenvalue weighted by Crippen LogP contribution is -2.31. The molecule has 458 valence electrons. The number of benzene rings is 13. The Morgan fingerprint density at radius 1 is 0.289 bits per heavy atom. The molecule has 19 aromatic rings. The Morgan fingerprint density at radius 3 is 1.25 bits per heavy atom. The largest absolute Gasteiger partial charge is 0.314 e. The predicted molar refractivity (Wildman–Crippen MR) is 401 cm³/mol. The van der Waals surface area contributed by atoms with Gasteiger partial charge in [-0.3, -0.25) is 0 Å². The smallest absolute Gasteiger partial charge is 0.213 e. The van der Waals surface area contributed by atoms with E-state index in [-0.39, 0.29) is 0 Å². The minimum atomic E-state index is 0.638. The number of pyridine rings is 1. The molecule has 20 rings (SSSR count). The predicted octanol–water partition coefficient (Wildman–Crippen LogP) is 21.6. The Labute approximate surface area is 560 Å². The van der Waals surface area contributed by atoms with Gasteiger partial charge < -0.3 is 18.3 Å². The lowest BCUT2D eigenvalue weighted by Gasteiger charge is -2.13. The summed E-state index contributed by atoms with van der Waals surface area (Å²) in [7, 11) is 0. The third kappa shape index (κ3) is 9.59. The second kappa shape index (κ2) is 23.7. The van der Waals surface area contributed by atoms with Gasteiger partial charge in [0.05, 0.1) is 44.2 Å². The number of aryl methyl sites for hydroxylation is 1. The van der Waals surface area contributed by atoms with Crippen molar-refractivity contribution in [2.24, 2.45) is 0 Å². The highest BCUT2D eigenvalue weighted by atomic mass is 15.1. The fourth-order valence-electron chi connectivity index (χ4n) is 15.0. The van der Waals surface area contributed by atoms with Gasteiger partial charge in [0.2, 0.25) is 5.69 Å². The number of rotatable bonds is 7. The number of nitrogens with zero attached hydrogens (tertiary/aromatic N) is 8. The van der Waals surface area contributed by atoms with Crippen LogP contribution in [0.4, 0.5) is 0 Å². The first-order valence-electron chi connectivity index (χ1n) is 33.1. The van der Waals surface area contributed by atoms with Crippen molar-refractivity contribution in [3.05, 3.63) is 351 Å². The Hall–Kier alpha value is -12.8. The van der Waals surface area contributed by atoms with Crippen molar-refractivity contribution in [1.82, 2.24) is 33.2 Å². The van der Waals surface area contributed by atoms with Crippen LogP contribution >= 0.6 is 0 Å². The van der Waals surface area contributed by atoms with E-state index in [1.807, 2.05) is 60.7 Å². The van der Waals surface area contributed by atoms with Gasteiger partial charge in [0, 0.05) is 101 Å². The minimum Gasteiger partial charge on any atom is -0.314 e. The van der Waals surface area contributed by atoms with E-state index >= 15 is 0 Å². The van der Waals surface area contributed by atoms with Crippen LogP contribution in [-0.4, -0.2) is 33.2 Å². The Bertz CT molecular complexity index is 5970. The molecule has 0 saturated heterocycles. The lowest BCUT2D eigenvalue weighted by atomic mass is 9.98. The third-order valence-corrected chi connectivity index (χ3v) is 19.4. The van der Waals surface area contributed by atoms with E-state index in [1.54, 1.807) is 0 Å². The van der Waals surface area contributed by atoms with Crippen LogP contribution < -0.4 is 4.57 Å². The van der Waals surface area contributed by atoms with Crippen molar-refractivity contribution < 1.29 is 4.57 Å². The molecule has 6 aromatic heterocycles.